The molecule has 12 aromatic heterocycles. The van der Waals surface area contributed by atoms with Crippen molar-refractivity contribution in [3.8, 4) is 23.5 Å². The van der Waals surface area contributed by atoms with Crippen LogP contribution in [-0.4, -0.2) is 199 Å². The smallest absolute Gasteiger partial charge is 0.415 e. The number of carbonyl (C=O) groups is 5. The maximum Gasteiger partial charge on any atom is 0.415 e. The van der Waals surface area contributed by atoms with Crippen LogP contribution in [0.4, 0.5) is 62.5 Å². The molecule has 38 nitrogen and oxygen atoms in total. The number of pyridine rings is 4. The Bertz CT molecular complexity index is 5310. The molecule has 12 aromatic rings. The molecule has 3 saturated carbocycles. The second-order valence-corrected chi connectivity index (χ2v) is 27.5. The summed E-state index contributed by atoms with van der Waals surface area (Å²) >= 11 is 0. The first-order valence-electron chi connectivity index (χ1n) is 36.4. The molecule has 38 heteroatoms. The minimum absolute atomic E-state index is 0.0231. The average molecular weight is 1560 g/mol. The lowest BCUT2D eigenvalue weighted by atomic mass is 10.1. The van der Waals surface area contributed by atoms with Gasteiger partial charge >= 0.3 is 24.0 Å². The van der Waals surface area contributed by atoms with Gasteiger partial charge in [-0.05, 0) is 146 Å². The molecule has 598 valence electrons. The number of methoxy groups -OCH3 is 3. The number of carbonyl (C=O) groups excluding carboxylic acids is 2. The molecule has 12 N–H and O–H groups in total. The van der Waals surface area contributed by atoms with Crippen molar-refractivity contribution in [1.82, 2.24) is 78.3 Å². The number of nitrogens with two attached hydrogens (primary N) is 1. The molecule has 0 saturated heterocycles. The lowest BCUT2D eigenvalue weighted by Gasteiger charge is -2.25. The first kappa shape index (κ1) is 81.5. The van der Waals surface area contributed by atoms with Gasteiger partial charge in [-0.1, -0.05) is 13.8 Å². The van der Waals surface area contributed by atoms with Crippen LogP contribution in [0.5, 0.6) is 23.5 Å². The number of anilines is 10. The van der Waals surface area contributed by atoms with Gasteiger partial charge in [0.15, 0.2) is 28.4 Å². The Labute approximate surface area is 652 Å². The number of nitrogens with zero attached hydrogens (tertiary/aromatic N) is 17. The van der Waals surface area contributed by atoms with Gasteiger partial charge in [-0.3, -0.25) is 9.69 Å². The molecule has 15 rings (SSSR count). The van der Waals surface area contributed by atoms with Crippen LogP contribution >= 0.6 is 0 Å². The zero-order chi connectivity index (χ0) is 81.6. The number of fused-ring (bicyclic) bond motifs is 4. The molecule has 0 aromatic carbocycles. The van der Waals surface area contributed by atoms with Gasteiger partial charge in [0.2, 0.25) is 23.5 Å². The van der Waals surface area contributed by atoms with E-state index in [0.717, 1.165) is 62.0 Å². The van der Waals surface area contributed by atoms with E-state index in [2.05, 4.69) is 86.9 Å². The highest BCUT2D eigenvalue weighted by molar-refractivity contribution is 6.02. The van der Waals surface area contributed by atoms with Crippen molar-refractivity contribution < 1.29 is 73.2 Å². The molecule has 114 heavy (non-hydrogen) atoms. The predicted molar refractivity (Wildman–Crippen MR) is 419 cm³/mol. The number of hydrogen-bond acceptors (Lipinski definition) is 30. The predicted octanol–water partition coefficient (Wildman–Crippen LogP) is 10.4. The standard InChI is InChI=1S/C22H26N6O3.C19H22N6O5.2C15H15N5O3.C5H11NO/c1-23-19-12-18(26-16-4-3-11-24-21(16)31-14-6-7-14)27-20-15(13-25-28(19)20)17(29)5-2-8-22(30)9-10-22;1-19(2,3)30-18(28)24(4)14-9-13(22-12-7-6-8-20-16(12)29-5)23-15-11(17(26)27)10-21-25(14)15;2*1-3-9-7-12(18-11-5-4-6-16-14(11)23-2)19-13-10(15(21)22)8-17-20(9)13;6-4-3-5(7)1-2-5/h3-4,11-14,23,30H,2,5-10H2,1H3,(H,26,27);6-10H,1-5H3,(H,22,23)(H,26,27);2*4-8H,3H2,1-2H3,(H,18,19)(H,21,22);7H,1-4,6H2. The Hall–Kier alpha value is -13.5. The number of carboxylic acids is 3. The molecule has 0 atom stereocenters. The highest BCUT2D eigenvalue weighted by Crippen LogP contribution is 2.41. The fourth-order valence-corrected chi connectivity index (χ4v) is 11.4. The molecule has 0 spiro atoms. The number of hydrogen-bond donors (Lipinski definition) is 11. The Kier molecular flexibility index (Phi) is 25.5. The van der Waals surface area contributed by atoms with Crippen LogP contribution in [-0.2, 0) is 17.6 Å². The van der Waals surface area contributed by atoms with E-state index in [0.29, 0.717) is 125 Å². The lowest BCUT2D eigenvalue weighted by molar-refractivity contribution is 0.0585. The molecule has 0 unspecified atom stereocenters. The Morgan fingerprint density at radius 2 is 0.921 bits per heavy atom. The highest BCUT2D eigenvalue weighted by atomic mass is 16.6. The van der Waals surface area contributed by atoms with E-state index < -0.39 is 35.2 Å². The number of ether oxygens (including phenoxy) is 5. The summed E-state index contributed by atoms with van der Waals surface area (Å²) in [4.78, 5) is 95.2. The first-order chi connectivity index (χ1) is 54.7. The maximum absolute atomic E-state index is 12.8. The third-order valence-electron chi connectivity index (χ3n) is 17.8. The number of aryl methyl sites for hydroxylation is 2. The van der Waals surface area contributed by atoms with Crippen molar-refractivity contribution in [2.24, 2.45) is 5.73 Å². The number of nitrogens with one attached hydrogen (secondary N) is 5. The summed E-state index contributed by atoms with van der Waals surface area (Å²) in [5.74, 6) is 1.18. The zero-order valence-electron chi connectivity index (χ0n) is 64.3. The van der Waals surface area contributed by atoms with E-state index in [1.54, 1.807) is 106 Å². The fourth-order valence-electron chi connectivity index (χ4n) is 11.4. The zero-order valence-corrected chi connectivity index (χ0v) is 64.3. The van der Waals surface area contributed by atoms with Crippen LogP contribution in [0, 0.1) is 0 Å². The molecule has 0 bridgehead atoms. The summed E-state index contributed by atoms with van der Waals surface area (Å²) in [6, 6.07) is 21.3. The molecule has 0 radical (unpaired) electrons. The monoisotopic (exact) mass is 1560 g/mol. The minimum Gasteiger partial charge on any atom is -0.480 e. The van der Waals surface area contributed by atoms with Crippen molar-refractivity contribution in [2.75, 3.05) is 73.5 Å². The molecular formula is C76H89N23O15. The second-order valence-electron chi connectivity index (χ2n) is 27.5. The van der Waals surface area contributed by atoms with Gasteiger partial charge in [0.1, 0.15) is 86.1 Å². The summed E-state index contributed by atoms with van der Waals surface area (Å²) in [6.45, 7) is 9.80. The molecule has 3 fully saturated rings. The van der Waals surface area contributed by atoms with Gasteiger partial charge in [0.05, 0.1) is 62.9 Å². The van der Waals surface area contributed by atoms with Crippen LogP contribution < -0.4 is 56.2 Å². The average Bonchev–Trinajstić information content (AvgIpc) is 1.59. The van der Waals surface area contributed by atoms with Gasteiger partial charge in [-0.15, -0.1) is 0 Å². The van der Waals surface area contributed by atoms with Gasteiger partial charge in [-0.2, -0.15) is 29.4 Å². The van der Waals surface area contributed by atoms with Gasteiger partial charge < -0.3 is 81.5 Å². The number of amides is 1. The summed E-state index contributed by atoms with van der Waals surface area (Å²) in [5, 5.41) is 79.3. The van der Waals surface area contributed by atoms with Crippen molar-refractivity contribution in [3.63, 3.8) is 0 Å². The Balaban J connectivity index is 0.000000146. The normalized spacial score (nSPS) is 13.4. The number of aromatic carboxylic acids is 3. The topological polar surface area (TPSA) is 494 Å². The molecule has 3 aliphatic rings. The highest BCUT2D eigenvalue weighted by Gasteiger charge is 2.40. The Morgan fingerprint density at radius 3 is 1.31 bits per heavy atom. The molecule has 12 heterocycles. The van der Waals surface area contributed by atoms with E-state index >= 15 is 0 Å². The summed E-state index contributed by atoms with van der Waals surface area (Å²) in [5.41, 5.74) is 9.42. The van der Waals surface area contributed by atoms with Gasteiger partial charge in [-0.25, -0.2) is 68.1 Å². The number of rotatable bonds is 27. The SMILES string of the molecule is CCc1cc(Nc2cccnc2OC)nc2c(C(=O)O)cnn12.CCc1cc(Nc2cccnc2OC)nc2c(C(=O)O)cnn12.CNc1cc(Nc2cccnc2OC2CC2)nc2c(C(=O)CCCC3(O)CC3)cnn12.COc1ncccc1Nc1cc(N(C)C(=O)OC(C)(C)C)n2ncc(C(=O)O)c2n1.NCCC1(O)CC1. The molecule has 3 aliphatic carbocycles. The number of Topliss-reactive ketones (excluding diaryl/α,β-unsaturated/α-hetero) is 1. The van der Waals surface area contributed by atoms with Crippen molar-refractivity contribution in [3.05, 3.63) is 156 Å². The van der Waals surface area contributed by atoms with E-state index in [4.69, 9.17) is 34.5 Å². The minimum atomic E-state index is -1.19. The molecule has 1 amide bonds. The van der Waals surface area contributed by atoms with E-state index in [1.807, 2.05) is 44.2 Å². The van der Waals surface area contributed by atoms with Gasteiger partial charge in [0, 0.05) is 81.0 Å². The largest absolute Gasteiger partial charge is 0.480 e. The summed E-state index contributed by atoms with van der Waals surface area (Å²) in [6.07, 6.45) is 21.0. The number of carboxylic acid groups (broad SMARTS) is 3. The van der Waals surface area contributed by atoms with Crippen LogP contribution in [0.15, 0.2) is 122 Å². The van der Waals surface area contributed by atoms with E-state index in [1.165, 1.54) is 65.4 Å². The van der Waals surface area contributed by atoms with Crippen LogP contribution in [0.1, 0.15) is 152 Å². The number of aliphatic hydroxyl groups is 2. The third kappa shape index (κ3) is 20.2. The molecular weight excluding hydrogens is 1470 g/mol. The van der Waals surface area contributed by atoms with E-state index in [9.17, 15) is 44.4 Å². The lowest BCUT2D eigenvalue weighted by Crippen LogP contribution is -2.35. The Morgan fingerprint density at radius 1 is 0.544 bits per heavy atom. The van der Waals surface area contributed by atoms with Crippen molar-refractivity contribution in [2.45, 2.75) is 135 Å². The summed E-state index contributed by atoms with van der Waals surface area (Å²) < 4.78 is 32.9. The fraction of sp³-hybridized carbons (Fsp3) is 0.355. The van der Waals surface area contributed by atoms with Crippen molar-refractivity contribution >= 4 is 110 Å². The number of aromatic nitrogens is 16. The van der Waals surface area contributed by atoms with Crippen LogP contribution in [0.2, 0.25) is 0 Å². The van der Waals surface area contributed by atoms with Crippen LogP contribution in [0.25, 0.3) is 22.6 Å². The quantitative estimate of drug-likeness (QED) is 0.0213. The van der Waals surface area contributed by atoms with E-state index in [-0.39, 0.29) is 51.5 Å². The third-order valence-corrected chi connectivity index (χ3v) is 17.8. The maximum atomic E-state index is 12.8. The van der Waals surface area contributed by atoms with Crippen LogP contribution in [0.3, 0.4) is 0 Å². The van der Waals surface area contributed by atoms with Gasteiger partial charge in [0.25, 0.3) is 0 Å². The first-order valence-corrected chi connectivity index (χ1v) is 36.4. The molecule has 0 aliphatic heterocycles. The second kappa shape index (κ2) is 35.7. The number of ketones is 1. The summed E-state index contributed by atoms with van der Waals surface area (Å²) in [7, 11) is 7.83. The van der Waals surface area contributed by atoms with Crippen molar-refractivity contribution in [1.29, 1.82) is 0 Å².